The van der Waals surface area contributed by atoms with Gasteiger partial charge in [-0.15, -0.1) is 0 Å². The molecule has 2 aromatic rings. The van der Waals surface area contributed by atoms with Gasteiger partial charge in [0.15, 0.2) is 12.2 Å². The Labute approximate surface area is 180 Å². The van der Waals surface area contributed by atoms with Crippen LogP contribution in [0, 0.1) is 0 Å². The fourth-order valence-electron chi connectivity index (χ4n) is 3.47. The lowest BCUT2D eigenvalue weighted by Crippen LogP contribution is -2.52. The molecule has 0 amide bonds. The molecule has 164 valence electrons. The molecule has 7 nitrogen and oxygen atoms in total. The number of carbonyl (C=O) groups excluding carboxylic acids is 2. The third-order valence-electron chi connectivity index (χ3n) is 4.71. The molecule has 7 heteroatoms. The van der Waals surface area contributed by atoms with Crippen molar-refractivity contribution in [1.82, 2.24) is 0 Å². The molecule has 31 heavy (non-hydrogen) atoms. The van der Waals surface area contributed by atoms with Crippen molar-refractivity contribution in [3.05, 3.63) is 63.5 Å². The van der Waals surface area contributed by atoms with E-state index in [4.69, 9.17) is 18.6 Å². The molecule has 3 rings (SSSR count). The predicted molar refractivity (Wildman–Crippen MR) is 115 cm³/mol. The number of ether oxygens (including phenoxy) is 3. The van der Waals surface area contributed by atoms with Crippen molar-refractivity contribution in [3.8, 4) is 5.75 Å². The highest BCUT2D eigenvalue weighted by atomic mass is 16.6. The van der Waals surface area contributed by atoms with Crippen molar-refractivity contribution in [2.24, 2.45) is 0 Å². The van der Waals surface area contributed by atoms with Gasteiger partial charge in [0, 0.05) is 23.6 Å². The minimum atomic E-state index is -1.05. The number of hydrogen-bond acceptors (Lipinski definition) is 7. The zero-order chi connectivity index (χ0) is 22.9. The van der Waals surface area contributed by atoms with Crippen molar-refractivity contribution in [2.75, 3.05) is 0 Å². The SMILES string of the molecule is CC(C)=CC(=O)OC1c2c(ccc3ccc(=O)oc23)OC(C)(C)C1OC(=O)C=C(C)C. The second-order valence-electron chi connectivity index (χ2n) is 8.51. The molecule has 1 aliphatic rings. The van der Waals surface area contributed by atoms with E-state index in [9.17, 15) is 14.4 Å². The molecule has 0 saturated carbocycles. The van der Waals surface area contributed by atoms with Crippen LogP contribution in [0.5, 0.6) is 5.75 Å². The fourth-order valence-corrected chi connectivity index (χ4v) is 3.47. The van der Waals surface area contributed by atoms with Gasteiger partial charge in [-0.1, -0.05) is 11.1 Å². The molecular formula is C24H26O7. The predicted octanol–water partition coefficient (Wildman–Crippen LogP) is 4.39. The number of fused-ring (bicyclic) bond motifs is 3. The largest absolute Gasteiger partial charge is 0.483 e. The monoisotopic (exact) mass is 426 g/mol. The van der Waals surface area contributed by atoms with Gasteiger partial charge in [-0.2, -0.15) is 0 Å². The highest BCUT2D eigenvalue weighted by molar-refractivity contribution is 5.86. The van der Waals surface area contributed by atoms with E-state index in [-0.39, 0.29) is 5.58 Å². The molecule has 0 saturated heterocycles. The van der Waals surface area contributed by atoms with Gasteiger partial charge in [0.1, 0.15) is 16.9 Å². The molecule has 2 heterocycles. The van der Waals surface area contributed by atoms with E-state index in [0.29, 0.717) is 16.7 Å². The molecule has 0 N–H and O–H groups in total. The topological polar surface area (TPSA) is 92.0 Å². The van der Waals surface area contributed by atoms with E-state index in [1.807, 2.05) is 0 Å². The third kappa shape index (κ3) is 4.87. The Kier molecular flexibility index (Phi) is 6.06. The van der Waals surface area contributed by atoms with Crippen molar-refractivity contribution in [2.45, 2.75) is 59.4 Å². The summed E-state index contributed by atoms with van der Waals surface area (Å²) in [5.74, 6) is -0.807. The summed E-state index contributed by atoms with van der Waals surface area (Å²) in [6.45, 7) is 10.6. The minimum Gasteiger partial charge on any atom is -0.483 e. The number of hydrogen-bond donors (Lipinski definition) is 0. The van der Waals surface area contributed by atoms with Crippen LogP contribution in [0.2, 0.25) is 0 Å². The average Bonchev–Trinajstić information content (AvgIpc) is 2.62. The molecule has 1 aliphatic heterocycles. The average molecular weight is 426 g/mol. The van der Waals surface area contributed by atoms with Gasteiger partial charge in [-0.05, 0) is 59.7 Å². The van der Waals surface area contributed by atoms with Gasteiger partial charge in [-0.25, -0.2) is 14.4 Å². The number of rotatable bonds is 4. The Balaban J connectivity index is 2.21. The third-order valence-corrected chi connectivity index (χ3v) is 4.71. The van der Waals surface area contributed by atoms with Gasteiger partial charge < -0.3 is 18.6 Å². The molecule has 0 bridgehead atoms. The summed E-state index contributed by atoms with van der Waals surface area (Å²) in [4.78, 5) is 37.0. The van der Waals surface area contributed by atoms with Crippen molar-refractivity contribution >= 4 is 22.9 Å². The Morgan fingerprint density at radius 2 is 1.52 bits per heavy atom. The van der Waals surface area contributed by atoms with Crippen LogP contribution in [0.25, 0.3) is 11.0 Å². The molecule has 0 spiro atoms. The van der Waals surface area contributed by atoms with Crippen LogP contribution in [0.3, 0.4) is 0 Å². The highest BCUT2D eigenvalue weighted by Crippen LogP contribution is 2.46. The van der Waals surface area contributed by atoms with Crippen molar-refractivity contribution in [3.63, 3.8) is 0 Å². The molecule has 0 radical (unpaired) electrons. The van der Waals surface area contributed by atoms with E-state index in [2.05, 4.69) is 0 Å². The minimum absolute atomic E-state index is 0.221. The Morgan fingerprint density at radius 1 is 0.935 bits per heavy atom. The molecule has 0 aliphatic carbocycles. The second kappa shape index (κ2) is 8.41. The summed E-state index contributed by atoms with van der Waals surface area (Å²) in [7, 11) is 0. The first-order valence-electron chi connectivity index (χ1n) is 9.95. The maximum Gasteiger partial charge on any atom is 0.336 e. The molecule has 1 aromatic heterocycles. The summed E-state index contributed by atoms with van der Waals surface area (Å²) < 4.78 is 23.0. The van der Waals surface area contributed by atoms with Crippen LogP contribution in [0.4, 0.5) is 0 Å². The molecule has 0 fully saturated rings. The van der Waals surface area contributed by atoms with E-state index in [1.165, 1.54) is 18.2 Å². The molecule has 1 aromatic carbocycles. The van der Waals surface area contributed by atoms with Gasteiger partial charge in [0.2, 0.25) is 0 Å². The Bertz CT molecular complexity index is 1140. The lowest BCUT2D eigenvalue weighted by molar-refractivity contribution is -0.184. The maximum absolute atomic E-state index is 12.6. The summed E-state index contributed by atoms with van der Waals surface area (Å²) in [6, 6.07) is 6.38. The zero-order valence-electron chi connectivity index (χ0n) is 18.5. The normalized spacial score (nSPS) is 18.9. The van der Waals surface area contributed by atoms with Gasteiger partial charge in [-0.3, -0.25) is 0 Å². The summed E-state index contributed by atoms with van der Waals surface area (Å²) in [5.41, 5.74) is 0.488. The van der Waals surface area contributed by atoms with E-state index < -0.39 is 35.4 Å². The first-order chi connectivity index (χ1) is 14.5. The van der Waals surface area contributed by atoms with Crippen molar-refractivity contribution in [1.29, 1.82) is 0 Å². The quantitative estimate of drug-likeness (QED) is 0.407. The summed E-state index contributed by atoms with van der Waals surface area (Å²) in [5, 5.41) is 0.624. The van der Waals surface area contributed by atoms with E-state index in [0.717, 1.165) is 11.1 Å². The number of esters is 2. The van der Waals surface area contributed by atoms with Gasteiger partial charge >= 0.3 is 17.6 Å². The van der Waals surface area contributed by atoms with Crippen molar-refractivity contribution < 1.29 is 28.2 Å². The van der Waals surface area contributed by atoms with Crippen LogP contribution >= 0.6 is 0 Å². The number of carbonyl (C=O) groups is 2. The summed E-state index contributed by atoms with van der Waals surface area (Å²) in [6.07, 6.45) is 0.654. The molecule has 2 atom stereocenters. The Hall–Kier alpha value is -3.35. The number of allylic oxidation sites excluding steroid dienone is 2. The first-order valence-corrected chi connectivity index (χ1v) is 9.95. The zero-order valence-corrected chi connectivity index (χ0v) is 18.5. The smallest absolute Gasteiger partial charge is 0.336 e. The second-order valence-corrected chi connectivity index (χ2v) is 8.51. The van der Waals surface area contributed by atoms with E-state index in [1.54, 1.807) is 59.7 Å². The maximum atomic E-state index is 12.6. The number of benzene rings is 1. The standard InChI is InChI=1S/C24H26O7/c1-13(2)11-18(26)29-22-20-16(9-7-15-8-10-17(25)28-21(15)20)31-24(5,6)23(22)30-19(27)12-14(3)4/h7-12,22-23H,1-6H3. The first kappa shape index (κ1) is 22.3. The van der Waals surface area contributed by atoms with Crippen LogP contribution < -0.4 is 10.4 Å². The lowest BCUT2D eigenvalue weighted by atomic mass is 9.87. The molecule has 2 unspecified atom stereocenters. The molecular weight excluding hydrogens is 400 g/mol. The van der Waals surface area contributed by atoms with Gasteiger partial charge in [0.25, 0.3) is 0 Å². The van der Waals surface area contributed by atoms with Crippen LogP contribution in [-0.4, -0.2) is 23.6 Å². The fraction of sp³-hybridized carbons (Fsp3) is 0.375. The van der Waals surface area contributed by atoms with Crippen LogP contribution in [0.1, 0.15) is 53.2 Å². The Morgan fingerprint density at radius 3 is 2.13 bits per heavy atom. The lowest BCUT2D eigenvalue weighted by Gasteiger charge is -2.43. The highest BCUT2D eigenvalue weighted by Gasteiger charge is 2.49. The van der Waals surface area contributed by atoms with E-state index >= 15 is 0 Å². The van der Waals surface area contributed by atoms with Crippen LogP contribution in [0.15, 0.2) is 56.8 Å². The van der Waals surface area contributed by atoms with Gasteiger partial charge in [0.05, 0.1) is 5.56 Å². The van der Waals surface area contributed by atoms with Crippen LogP contribution in [-0.2, 0) is 19.1 Å². The summed E-state index contributed by atoms with van der Waals surface area (Å²) >= 11 is 0.